The summed E-state index contributed by atoms with van der Waals surface area (Å²) < 4.78 is 39.6. The molecule has 24 heavy (non-hydrogen) atoms. The van der Waals surface area contributed by atoms with Crippen molar-refractivity contribution in [3.05, 3.63) is 47.0 Å². The third kappa shape index (κ3) is 3.42. The molecule has 1 aromatic heterocycles. The zero-order valence-corrected chi connectivity index (χ0v) is 13.1. The molecule has 128 valence electrons. The molecule has 1 N–H and O–H groups in total. The molecule has 1 amide bonds. The van der Waals surface area contributed by atoms with Gasteiger partial charge in [0.2, 0.25) is 5.91 Å². The van der Waals surface area contributed by atoms with Gasteiger partial charge in [-0.1, -0.05) is 12.1 Å². The second kappa shape index (κ2) is 6.26. The van der Waals surface area contributed by atoms with Gasteiger partial charge in [0.15, 0.2) is 5.82 Å². The van der Waals surface area contributed by atoms with E-state index in [1.807, 2.05) is 11.5 Å². The Bertz CT molecular complexity index is 737. The van der Waals surface area contributed by atoms with Gasteiger partial charge in [-0.3, -0.25) is 4.79 Å². The standard InChI is InChI=1S/C16H17F3N4O/c1-10(15-22-21-13-3-2-8-23(13)15)20-14(24)9-11-4-6-12(7-5-11)16(17,18)19/h4-7,10H,2-3,8-9H2,1H3,(H,20,24)/t10-/m1/s1. The van der Waals surface area contributed by atoms with Crippen LogP contribution in [0.4, 0.5) is 13.2 Å². The number of rotatable bonds is 4. The Morgan fingerprint density at radius 3 is 2.67 bits per heavy atom. The number of nitrogens with one attached hydrogen (secondary N) is 1. The average molecular weight is 338 g/mol. The molecule has 0 aliphatic carbocycles. The summed E-state index contributed by atoms with van der Waals surface area (Å²) in [5, 5.41) is 11.0. The number of carbonyl (C=O) groups is 1. The van der Waals surface area contributed by atoms with Crippen molar-refractivity contribution in [2.75, 3.05) is 0 Å². The minimum atomic E-state index is -4.37. The highest BCUT2D eigenvalue weighted by atomic mass is 19.4. The molecule has 0 bridgehead atoms. The van der Waals surface area contributed by atoms with Gasteiger partial charge >= 0.3 is 6.18 Å². The van der Waals surface area contributed by atoms with Crippen molar-refractivity contribution in [3.63, 3.8) is 0 Å². The minimum Gasteiger partial charge on any atom is -0.346 e. The van der Waals surface area contributed by atoms with E-state index in [4.69, 9.17) is 0 Å². The molecule has 5 nitrogen and oxygen atoms in total. The van der Waals surface area contributed by atoms with Gasteiger partial charge < -0.3 is 9.88 Å². The molecule has 0 fully saturated rings. The van der Waals surface area contributed by atoms with Crippen LogP contribution in [-0.2, 0) is 30.4 Å². The Labute approximate surface area is 136 Å². The molecular formula is C16H17F3N4O. The fourth-order valence-electron chi connectivity index (χ4n) is 2.85. The molecule has 1 aromatic carbocycles. The molecule has 0 radical (unpaired) electrons. The van der Waals surface area contributed by atoms with Crippen molar-refractivity contribution in [1.29, 1.82) is 0 Å². The number of alkyl halides is 3. The largest absolute Gasteiger partial charge is 0.416 e. The number of carbonyl (C=O) groups excluding carboxylic acids is 1. The third-order valence-corrected chi connectivity index (χ3v) is 4.05. The second-order valence-electron chi connectivity index (χ2n) is 5.89. The lowest BCUT2D eigenvalue weighted by Gasteiger charge is -2.14. The quantitative estimate of drug-likeness (QED) is 0.932. The van der Waals surface area contributed by atoms with Crippen LogP contribution < -0.4 is 5.32 Å². The van der Waals surface area contributed by atoms with E-state index >= 15 is 0 Å². The summed E-state index contributed by atoms with van der Waals surface area (Å²) in [6, 6.07) is 4.31. The minimum absolute atomic E-state index is 0.0173. The fourth-order valence-corrected chi connectivity index (χ4v) is 2.85. The molecule has 1 aliphatic rings. The molecule has 0 unspecified atom stereocenters. The molecular weight excluding hydrogens is 321 g/mol. The number of halogens is 3. The summed E-state index contributed by atoms with van der Waals surface area (Å²) in [5.41, 5.74) is -0.196. The van der Waals surface area contributed by atoms with Crippen molar-refractivity contribution >= 4 is 5.91 Å². The molecule has 2 aromatic rings. The van der Waals surface area contributed by atoms with E-state index in [2.05, 4.69) is 15.5 Å². The third-order valence-electron chi connectivity index (χ3n) is 4.05. The highest BCUT2D eigenvalue weighted by Crippen LogP contribution is 2.29. The van der Waals surface area contributed by atoms with Crippen LogP contribution in [0.1, 0.15) is 42.2 Å². The lowest BCUT2D eigenvalue weighted by Crippen LogP contribution is -2.30. The SMILES string of the molecule is C[C@@H](NC(=O)Cc1ccc(C(F)(F)F)cc1)c1nnc2n1CCC2. The zero-order chi connectivity index (χ0) is 17.3. The first-order valence-electron chi connectivity index (χ1n) is 7.72. The Morgan fingerprint density at radius 2 is 2.00 bits per heavy atom. The summed E-state index contributed by atoms with van der Waals surface area (Å²) in [4.78, 5) is 12.1. The molecule has 1 aliphatic heterocycles. The fraction of sp³-hybridized carbons (Fsp3) is 0.438. The van der Waals surface area contributed by atoms with Gasteiger partial charge in [-0.25, -0.2) is 0 Å². The Morgan fingerprint density at radius 1 is 1.29 bits per heavy atom. The number of benzene rings is 1. The van der Waals surface area contributed by atoms with E-state index in [-0.39, 0.29) is 18.4 Å². The number of aromatic nitrogens is 3. The van der Waals surface area contributed by atoms with Gasteiger partial charge in [0.1, 0.15) is 5.82 Å². The van der Waals surface area contributed by atoms with Gasteiger partial charge in [0.05, 0.1) is 18.0 Å². The van der Waals surface area contributed by atoms with Crippen LogP contribution in [0.2, 0.25) is 0 Å². The maximum atomic E-state index is 12.5. The molecule has 3 rings (SSSR count). The predicted octanol–water partition coefficient (Wildman–Crippen LogP) is 2.66. The van der Waals surface area contributed by atoms with Crippen LogP contribution >= 0.6 is 0 Å². The zero-order valence-electron chi connectivity index (χ0n) is 13.1. The van der Waals surface area contributed by atoms with E-state index in [0.29, 0.717) is 11.4 Å². The van der Waals surface area contributed by atoms with Crippen molar-refractivity contribution < 1.29 is 18.0 Å². The average Bonchev–Trinajstić information content (AvgIpc) is 3.09. The van der Waals surface area contributed by atoms with Gasteiger partial charge in [-0.15, -0.1) is 10.2 Å². The summed E-state index contributed by atoms with van der Waals surface area (Å²) in [5.74, 6) is 1.37. The number of hydrogen-bond acceptors (Lipinski definition) is 3. The highest BCUT2D eigenvalue weighted by Gasteiger charge is 2.30. The van der Waals surface area contributed by atoms with E-state index in [1.165, 1.54) is 12.1 Å². The Balaban J connectivity index is 1.61. The van der Waals surface area contributed by atoms with Crippen molar-refractivity contribution in [2.45, 2.75) is 44.9 Å². The summed E-state index contributed by atoms with van der Waals surface area (Å²) in [7, 11) is 0. The number of amides is 1. The van der Waals surface area contributed by atoms with Crippen LogP contribution in [0, 0.1) is 0 Å². The molecule has 0 spiro atoms. The van der Waals surface area contributed by atoms with Crippen LogP contribution in [0.3, 0.4) is 0 Å². The molecule has 2 heterocycles. The number of fused-ring (bicyclic) bond motifs is 1. The number of nitrogens with zero attached hydrogens (tertiary/aromatic N) is 3. The van der Waals surface area contributed by atoms with E-state index in [1.54, 1.807) is 0 Å². The maximum absolute atomic E-state index is 12.5. The first kappa shape index (κ1) is 16.5. The lowest BCUT2D eigenvalue weighted by atomic mass is 10.1. The number of hydrogen-bond donors (Lipinski definition) is 1. The summed E-state index contributed by atoms with van der Waals surface area (Å²) in [6.07, 6.45) is -2.45. The van der Waals surface area contributed by atoms with Gasteiger partial charge in [-0.2, -0.15) is 13.2 Å². The second-order valence-corrected chi connectivity index (χ2v) is 5.89. The van der Waals surface area contributed by atoms with Gasteiger partial charge in [0, 0.05) is 13.0 Å². The summed E-state index contributed by atoms with van der Waals surface area (Å²) in [6.45, 7) is 2.66. The normalized spacial score (nSPS) is 15.2. The van der Waals surface area contributed by atoms with Crippen molar-refractivity contribution in [2.24, 2.45) is 0 Å². The van der Waals surface area contributed by atoms with Gasteiger partial charge in [0.25, 0.3) is 0 Å². The lowest BCUT2D eigenvalue weighted by molar-refractivity contribution is -0.137. The highest BCUT2D eigenvalue weighted by molar-refractivity contribution is 5.78. The van der Waals surface area contributed by atoms with E-state index < -0.39 is 11.7 Å². The Kier molecular flexibility index (Phi) is 4.29. The molecule has 0 saturated heterocycles. The van der Waals surface area contributed by atoms with Crippen LogP contribution in [0.15, 0.2) is 24.3 Å². The molecule has 1 atom stereocenters. The van der Waals surface area contributed by atoms with Crippen LogP contribution in [0.5, 0.6) is 0 Å². The first-order valence-corrected chi connectivity index (χ1v) is 7.72. The van der Waals surface area contributed by atoms with Crippen molar-refractivity contribution in [1.82, 2.24) is 20.1 Å². The van der Waals surface area contributed by atoms with Crippen molar-refractivity contribution in [3.8, 4) is 0 Å². The summed E-state index contributed by atoms with van der Waals surface area (Å²) >= 11 is 0. The number of aryl methyl sites for hydroxylation is 1. The van der Waals surface area contributed by atoms with Gasteiger partial charge in [-0.05, 0) is 31.0 Å². The smallest absolute Gasteiger partial charge is 0.346 e. The van der Waals surface area contributed by atoms with E-state index in [0.717, 1.165) is 37.3 Å². The van der Waals surface area contributed by atoms with Crippen LogP contribution in [0.25, 0.3) is 0 Å². The predicted molar refractivity (Wildman–Crippen MR) is 80.0 cm³/mol. The van der Waals surface area contributed by atoms with E-state index in [9.17, 15) is 18.0 Å². The first-order chi connectivity index (χ1) is 11.3. The maximum Gasteiger partial charge on any atom is 0.416 e. The monoisotopic (exact) mass is 338 g/mol. The van der Waals surface area contributed by atoms with Crippen LogP contribution in [-0.4, -0.2) is 20.7 Å². The molecule has 8 heteroatoms. The molecule has 0 saturated carbocycles. The topological polar surface area (TPSA) is 59.8 Å². The Hall–Kier alpha value is -2.38.